The summed E-state index contributed by atoms with van der Waals surface area (Å²) in [6.07, 6.45) is 2.77. The number of benzene rings is 1. The Morgan fingerprint density at radius 2 is 2.25 bits per heavy atom. The number of hydrogen-bond donors (Lipinski definition) is 2. The van der Waals surface area contributed by atoms with Gasteiger partial charge in [-0.05, 0) is 25.5 Å². The number of methoxy groups -OCH3 is 2. The van der Waals surface area contributed by atoms with E-state index in [1.165, 1.54) is 0 Å². The van der Waals surface area contributed by atoms with Crippen molar-refractivity contribution in [3.8, 4) is 11.5 Å². The van der Waals surface area contributed by atoms with Crippen LogP contribution in [-0.2, 0) is 11.3 Å². The molecule has 1 aliphatic rings. The van der Waals surface area contributed by atoms with E-state index in [1.807, 2.05) is 18.2 Å². The van der Waals surface area contributed by atoms with Crippen LogP contribution in [0.5, 0.6) is 11.5 Å². The summed E-state index contributed by atoms with van der Waals surface area (Å²) in [5.41, 5.74) is 0.916. The molecule has 5 heteroatoms. The molecule has 2 rings (SSSR count). The number of rotatable bonds is 6. The Morgan fingerprint density at radius 3 is 2.90 bits per heavy atom. The van der Waals surface area contributed by atoms with E-state index in [1.54, 1.807) is 14.2 Å². The van der Waals surface area contributed by atoms with Gasteiger partial charge in [0.1, 0.15) is 0 Å². The number of hydrogen-bond acceptors (Lipinski definition) is 4. The van der Waals surface area contributed by atoms with Gasteiger partial charge in [-0.15, -0.1) is 0 Å². The van der Waals surface area contributed by atoms with Crippen molar-refractivity contribution in [3.63, 3.8) is 0 Å². The Morgan fingerprint density at radius 1 is 1.40 bits per heavy atom. The molecule has 0 bridgehead atoms. The zero-order chi connectivity index (χ0) is 14.4. The summed E-state index contributed by atoms with van der Waals surface area (Å²) in [4.78, 5) is 11.9. The van der Waals surface area contributed by atoms with Crippen molar-refractivity contribution in [2.45, 2.75) is 31.8 Å². The molecule has 0 aliphatic carbocycles. The molecule has 1 fully saturated rings. The van der Waals surface area contributed by atoms with Gasteiger partial charge in [-0.1, -0.05) is 12.1 Å². The standard InChI is InChI=1S/C15H22N2O3/c1-19-13-7-3-5-11(15(13)20-2)10-17-14(18)9-12-6-4-8-16-12/h3,5,7,12,16H,4,6,8-10H2,1-2H3,(H,17,18). The Hall–Kier alpha value is -1.75. The van der Waals surface area contributed by atoms with Gasteiger partial charge in [0.25, 0.3) is 0 Å². The number of para-hydroxylation sites is 1. The van der Waals surface area contributed by atoms with E-state index in [9.17, 15) is 4.79 Å². The minimum Gasteiger partial charge on any atom is -0.493 e. The van der Waals surface area contributed by atoms with Crippen LogP contribution in [-0.4, -0.2) is 32.7 Å². The second-order valence-electron chi connectivity index (χ2n) is 4.93. The van der Waals surface area contributed by atoms with Crippen LogP contribution in [0.1, 0.15) is 24.8 Å². The summed E-state index contributed by atoms with van der Waals surface area (Å²) in [5, 5.41) is 6.26. The molecule has 2 N–H and O–H groups in total. The molecule has 1 heterocycles. The van der Waals surface area contributed by atoms with E-state index >= 15 is 0 Å². The number of carbonyl (C=O) groups is 1. The van der Waals surface area contributed by atoms with Crippen LogP contribution in [0.15, 0.2) is 18.2 Å². The lowest BCUT2D eigenvalue weighted by atomic mass is 10.1. The Kier molecular flexibility index (Phi) is 5.24. The summed E-state index contributed by atoms with van der Waals surface area (Å²) in [6.45, 7) is 1.47. The Bertz CT molecular complexity index is 456. The van der Waals surface area contributed by atoms with Crippen molar-refractivity contribution >= 4 is 5.91 Å². The smallest absolute Gasteiger partial charge is 0.221 e. The molecule has 0 spiro atoms. The quantitative estimate of drug-likeness (QED) is 0.827. The van der Waals surface area contributed by atoms with Gasteiger partial charge in [0.15, 0.2) is 11.5 Å². The summed E-state index contributed by atoms with van der Waals surface area (Å²) in [7, 11) is 3.21. The van der Waals surface area contributed by atoms with Gasteiger partial charge in [-0.2, -0.15) is 0 Å². The summed E-state index contributed by atoms with van der Waals surface area (Å²) in [5.74, 6) is 1.42. The van der Waals surface area contributed by atoms with Crippen LogP contribution in [0.4, 0.5) is 0 Å². The van der Waals surface area contributed by atoms with Gasteiger partial charge < -0.3 is 20.1 Å². The maximum Gasteiger partial charge on any atom is 0.221 e. The van der Waals surface area contributed by atoms with Crippen LogP contribution in [0.3, 0.4) is 0 Å². The van der Waals surface area contributed by atoms with E-state index in [-0.39, 0.29) is 5.91 Å². The molecule has 0 saturated carbocycles. The summed E-state index contributed by atoms with van der Waals surface area (Å²) in [6, 6.07) is 5.98. The molecular formula is C15H22N2O3. The van der Waals surface area contributed by atoms with Gasteiger partial charge in [0.05, 0.1) is 14.2 Å². The lowest BCUT2D eigenvalue weighted by Crippen LogP contribution is -2.31. The molecule has 5 nitrogen and oxygen atoms in total. The van der Waals surface area contributed by atoms with Crippen molar-refractivity contribution in [2.75, 3.05) is 20.8 Å². The number of ether oxygens (including phenoxy) is 2. The second-order valence-corrected chi connectivity index (χ2v) is 4.93. The lowest BCUT2D eigenvalue weighted by molar-refractivity contribution is -0.121. The Balaban J connectivity index is 1.91. The average Bonchev–Trinajstić information content (AvgIpc) is 2.97. The normalized spacial score (nSPS) is 17.8. The SMILES string of the molecule is COc1cccc(CNC(=O)CC2CCCN2)c1OC. The third-order valence-electron chi connectivity index (χ3n) is 3.55. The summed E-state index contributed by atoms with van der Waals surface area (Å²) < 4.78 is 10.6. The number of amides is 1. The van der Waals surface area contributed by atoms with Gasteiger partial charge in [-0.3, -0.25) is 4.79 Å². The largest absolute Gasteiger partial charge is 0.493 e. The predicted molar refractivity (Wildman–Crippen MR) is 77.0 cm³/mol. The highest BCUT2D eigenvalue weighted by atomic mass is 16.5. The third-order valence-corrected chi connectivity index (χ3v) is 3.55. The van der Waals surface area contributed by atoms with E-state index in [0.717, 1.165) is 24.9 Å². The van der Waals surface area contributed by atoms with Crippen LogP contribution in [0.25, 0.3) is 0 Å². The molecule has 1 unspecified atom stereocenters. The minimum absolute atomic E-state index is 0.0641. The fraction of sp³-hybridized carbons (Fsp3) is 0.533. The first-order chi connectivity index (χ1) is 9.74. The molecule has 0 aromatic heterocycles. The van der Waals surface area contributed by atoms with Crippen molar-refractivity contribution in [1.82, 2.24) is 10.6 Å². The minimum atomic E-state index is 0.0641. The molecule has 1 atom stereocenters. The Labute approximate surface area is 119 Å². The fourth-order valence-electron chi connectivity index (χ4n) is 2.51. The molecule has 0 radical (unpaired) electrons. The zero-order valence-corrected chi connectivity index (χ0v) is 12.1. The van der Waals surface area contributed by atoms with Crippen molar-refractivity contribution in [2.24, 2.45) is 0 Å². The molecule has 20 heavy (non-hydrogen) atoms. The number of nitrogens with one attached hydrogen (secondary N) is 2. The lowest BCUT2D eigenvalue weighted by Gasteiger charge is -2.14. The molecule has 1 aromatic rings. The van der Waals surface area contributed by atoms with Crippen molar-refractivity contribution in [3.05, 3.63) is 23.8 Å². The molecule has 1 aliphatic heterocycles. The molecular weight excluding hydrogens is 256 g/mol. The first-order valence-electron chi connectivity index (χ1n) is 6.94. The first kappa shape index (κ1) is 14.7. The second kappa shape index (κ2) is 7.14. The predicted octanol–water partition coefficient (Wildman–Crippen LogP) is 1.46. The highest BCUT2D eigenvalue weighted by Gasteiger charge is 2.18. The number of carbonyl (C=O) groups excluding carboxylic acids is 1. The van der Waals surface area contributed by atoms with E-state index < -0.39 is 0 Å². The molecule has 110 valence electrons. The molecule has 1 amide bonds. The van der Waals surface area contributed by atoms with E-state index in [0.29, 0.717) is 30.5 Å². The summed E-state index contributed by atoms with van der Waals surface area (Å²) >= 11 is 0. The van der Waals surface area contributed by atoms with Gasteiger partial charge >= 0.3 is 0 Å². The molecule has 1 saturated heterocycles. The van der Waals surface area contributed by atoms with Crippen molar-refractivity contribution < 1.29 is 14.3 Å². The zero-order valence-electron chi connectivity index (χ0n) is 12.1. The van der Waals surface area contributed by atoms with Crippen LogP contribution in [0.2, 0.25) is 0 Å². The van der Waals surface area contributed by atoms with Crippen LogP contribution < -0.4 is 20.1 Å². The van der Waals surface area contributed by atoms with E-state index in [2.05, 4.69) is 10.6 Å². The fourth-order valence-corrected chi connectivity index (χ4v) is 2.51. The van der Waals surface area contributed by atoms with E-state index in [4.69, 9.17) is 9.47 Å². The first-order valence-corrected chi connectivity index (χ1v) is 6.94. The van der Waals surface area contributed by atoms with Gasteiger partial charge in [0.2, 0.25) is 5.91 Å². The molecule has 1 aromatic carbocycles. The van der Waals surface area contributed by atoms with Crippen LogP contribution in [0, 0.1) is 0 Å². The van der Waals surface area contributed by atoms with Crippen LogP contribution >= 0.6 is 0 Å². The average molecular weight is 278 g/mol. The highest BCUT2D eigenvalue weighted by Crippen LogP contribution is 2.30. The third kappa shape index (κ3) is 3.63. The topological polar surface area (TPSA) is 59.6 Å². The van der Waals surface area contributed by atoms with Gasteiger partial charge in [-0.25, -0.2) is 0 Å². The van der Waals surface area contributed by atoms with Gasteiger partial charge in [0, 0.05) is 24.6 Å². The maximum atomic E-state index is 11.9. The monoisotopic (exact) mass is 278 g/mol. The maximum absolute atomic E-state index is 11.9. The highest BCUT2D eigenvalue weighted by molar-refractivity contribution is 5.76. The van der Waals surface area contributed by atoms with Crippen molar-refractivity contribution in [1.29, 1.82) is 0 Å².